The molecule has 0 atom stereocenters. The molecule has 1 aromatic carbocycles. The molecule has 0 spiro atoms. The summed E-state index contributed by atoms with van der Waals surface area (Å²) in [5.41, 5.74) is 4.49. The van der Waals surface area contributed by atoms with E-state index in [1.54, 1.807) is 11.1 Å². The molecule has 0 amide bonds. The monoisotopic (exact) mass is 285 g/mol. The lowest BCUT2D eigenvalue weighted by molar-refractivity contribution is 0.299. The van der Waals surface area contributed by atoms with Crippen molar-refractivity contribution in [2.45, 2.75) is 32.2 Å². The van der Waals surface area contributed by atoms with Gasteiger partial charge in [-0.3, -0.25) is 4.90 Å². The van der Waals surface area contributed by atoms with Gasteiger partial charge in [-0.15, -0.1) is 23.2 Å². The molecule has 0 unspecified atom stereocenters. The average Bonchev–Trinajstić information content (AvgIpc) is 2.39. The number of halogens is 2. The van der Waals surface area contributed by atoms with E-state index in [2.05, 4.69) is 23.1 Å². The fourth-order valence-corrected chi connectivity index (χ4v) is 3.13. The van der Waals surface area contributed by atoms with Crippen LogP contribution in [0.25, 0.3) is 0 Å². The highest BCUT2D eigenvalue weighted by Gasteiger charge is 2.11. The van der Waals surface area contributed by atoms with E-state index < -0.39 is 0 Å². The molecule has 0 aliphatic heterocycles. The van der Waals surface area contributed by atoms with Gasteiger partial charge in [0.2, 0.25) is 0 Å². The van der Waals surface area contributed by atoms with E-state index in [4.69, 9.17) is 23.2 Å². The maximum absolute atomic E-state index is 5.83. The van der Waals surface area contributed by atoms with Crippen LogP contribution in [0.4, 0.5) is 0 Å². The molecule has 1 nitrogen and oxygen atoms in total. The number of nitrogens with zero attached hydrogens (tertiary/aromatic N) is 1. The zero-order valence-corrected chi connectivity index (χ0v) is 12.3. The molecule has 0 radical (unpaired) electrons. The molecule has 0 saturated carbocycles. The van der Waals surface area contributed by atoms with Crippen LogP contribution in [-0.4, -0.2) is 29.7 Å². The van der Waals surface area contributed by atoms with Crippen LogP contribution in [-0.2, 0) is 19.4 Å². The zero-order valence-electron chi connectivity index (χ0n) is 10.8. The third kappa shape index (κ3) is 3.88. The van der Waals surface area contributed by atoms with Crippen LogP contribution >= 0.6 is 23.2 Å². The summed E-state index contributed by atoms with van der Waals surface area (Å²) in [6.45, 7) is 2.78. The number of alkyl halides is 2. The second kappa shape index (κ2) is 7.37. The second-order valence-electron chi connectivity index (χ2n) is 4.96. The number of rotatable bonds is 6. The number of benzene rings is 1. The van der Waals surface area contributed by atoms with E-state index in [-0.39, 0.29) is 0 Å². The Balaban J connectivity index is 2.03. The van der Waals surface area contributed by atoms with Gasteiger partial charge in [-0.1, -0.05) is 18.2 Å². The molecule has 0 heterocycles. The first-order chi connectivity index (χ1) is 8.83. The predicted octanol–water partition coefficient (Wildman–Crippen LogP) is 3.85. The number of hydrogen-bond donors (Lipinski definition) is 0. The fraction of sp³-hybridized carbons (Fsp3) is 0.600. The molecule has 1 aliphatic carbocycles. The maximum Gasteiger partial charge on any atom is 0.0351 e. The van der Waals surface area contributed by atoms with E-state index in [9.17, 15) is 0 Å². The summed E-state index contributed by atoms with van der Waals surface area (Å²) >= 11 is 11.7. The van der Waals surface area contributed by atoms with E-state index >= 15 is 0 Å². The van der Waals surface area contributed by atoms with Crippen LogP contribution in [0.3, 0.4) is 0 Å². The minimum absolute atomic E-state index is 0.668. The molecule has 3 heteroatoms. The summed E-state index contributed by atoms with van der Waals surface area (Å²) in [4.78, 5) is 2.32. The van der Waals surface area contributed by atoms with Gasteiger partial charge in [-0.25, -0.2) is 0 Å². The Morgan fingerprint density at radius 3 is 2.28 bits per heavy atom. The molecule has 1 aromatic rings. The molecule has 100 valence electrons. The standard InChI is InChI=1S/C15H21Cl2N/c16-7-9-18(10-8-17)12-13-5-6-14-3-1-2-4-15(14)11-13/h5-6,11H,1-4,7-10,12H2. The van der Waals surface area contributed by atoms with Crippen molar-refractivity contribution in [2.24, 2.45) is 0 Å². The van der Waals surface area contributed by atoms with Gasteiger partial charge < -0.3 is 0 Å². The van der Waals surface area contributed by atoms with Gasteiger partial charge in [0.05, 0.1) is 0 Å². The van der Waals surface area contributed by atoms with Gasteiger partial charge in [-0.05, 0) is 42.4 Å². The van der Waals surface area contributed by atoms with Crippen molar-refractivity contribution in [3.8, 4) is 0 Å². The lowest BCUT2D eigenvalue weighted by atomic mass is 9.90. The number of aryl methyl sites for hydroxylation is 2. The topological polar surface area (TPSA) is 3.24 Å². The summed E-state index contributed by atoms with van der Waals surface area (Å²) in [7, 11) is 0. The molecule has 0 N–H and O–H groups in total. The Kier molecular flexibility index (Phi) is 5.81. The Bertz CT molecular complexity index is 373. The van der Waals surface area contributed by atoms with Crippen LogP contribution in [0.2, 0.25) is 0 Å². The SMILES string of the molecule is ClCCN(CCCl)Cc1ccc2c(c1)CCCC2. The lowest BCUT2D eigenvalue weighted by Crippen LogP contribution is -2.27. The normalized spacial score (nSPS) is 14.8. The summed E-state index contributed by atoms with van der Waals surface area (Å²) in [6, 6.07) is 6.95. The van der Waals surface area contributed by atoms with Crippen molar-refractivity contribution in [1.82, 2.24) is 4.90 Å². The van der Waals surface area contributed by atoms with Gasteiger partial charge in [0, 0.05) is 31.4 Å². The predicted molar refractivity (Wildman–Crippen MR) is 79.8 cm³/mol. The van der Waals surface area contributed by atoms with Crippen LogP contribution in [0.1, 0.15) is 29.5 Å². The minimum Gasteiger partial charge on any atom is -0.297 e. The highest BCUT2D eigenvalue weighted by atomic mass is 35.5. The summed E-state index contributed by atoms with van der Waals surface area (Å²) < 4.78 is 0. The molecule has 0 aromatic heterocycles. The largest absolute Gasteiger partial charge is 0.297 e. The Labute approximate surface area is 120 Å². The molecular weight excluding hydrogens is 265 g/mol. The highest BCUT2D eigenvalue weighted by Crippen LogP contribution is 2.22. The van der Waals surface area contributed by atoms with Crippen molar-refractivity contribution in [2.75, 3.05) is 24.8 Å². The number of fused-ring (bicyclic) bond motifs is 1. The Morgan fingerprint density at radius 1 is 0.944 bits per heavy atom. The van der Waals surface area contributed by atoms with Gasteiger partial charge in [0.15, 0.2) is 0 Å². The van der Waals surface area contributed by atoms with Crippen LogP contribution < -0.4 is 0 Å². The third-order valence-electron chi connectivity index (χ3n) is 3.62. The van der Waals surface area contributed by atoms with Crippen molar-refractivity contribution >= 4 is 23.2 Å². The fourth-order valence-electron chi connectivity index (χ4n) is 2.65. The first kappa shape index (κ1) is 14.2. The van der Waals surface area contributed by atoms with Gasteiger partial charge in [0.25, 0.3) is 0 Å². The molecule has 0 saturated heterocycles. The smallest absolute Gasteiger partial charge is 0.0351 e. The van der Waals surface area contributed by atoms with Crippen molar-refractivity contribution in [3.05, 3.63) is 34.9 Å². The summed E-state index contributed by atoms with van der Waals surface area (Å²) in [6.07, 6.45) is 5.18. The van der Waals surface area contributed by atoms with E-state index in [1.807, 2.05) is 0 Å². The molecule has 18 heavy (non-hydrogen) atoms. The molecule has 0 bridgehead atoms. The first-order valence-electron chi connectivity index (χ1n) is 6.78. The molecule has 1 aliphatic rings. The lowest BCUT2D eigenvalue weighted by Gasteiger charge is -2.22. The van der Waals surface area contributed by atoms with Crippen molar-refractivity contribution in [3.63, 3.8) is 0 Å². The van der Waals surface area contributed by atoms with Crippen LogP contribution in [0.15, 0.2) is 18.2 Å². The minimum atomic E-state index is 0.668. The van der Waals surface area contributed by atoms with E-state index in [0.717, 1.165) is 19.6 Å². The summed E-state index contributed by atoms with van der Waals surface area (Å²) in [5.74, 6) is 1.34. The van der Waals surface area contributed by atoms with Gasteiger partial charge in [0.1, 0.15) is 0 Å². The van der Waals surface area contributed by atoms with Gasteiger partial charge in [-0.2, -0.15) is 0 Å². The quantitative estimate of drug-likeness (QED) is 0.718. The molecule has 0 fully saturated rings. The van der Waals surface area contributed by atoms with Crippen LogP contribution in [0, 0.1) is 0 Å². The summed E-state index contributed by atoms with van der Waals surface area (Å²) in [5, 5.41) is 0. The highest BCUT2D eigenvalue weighted by molar-refractivity contribution is 6.18. The Morgan fingerprint density at radius 2 is 1.61 bits per heavy atom. The number of hydrogen-bond acceptors (Lipinski definition) is 1. The molecular formula is C15H21Cl2N. The van der Waals surface area contributed by atoms with Crippen molar-refractivity contribution < 1.29 is 0 Å². The van der Waals surface area contributed by atoms with Crippen LogP contribution in [0.5, 0.6) is 0 Å². The van der Waals surface area contributed by atoms with E-state index in [0.29, 0.717) is 11.8 Å². The second-order valence-corrected chi connectivity index (χ2v) is 5.72. The Hall–Kier alpha value is -0.240. The van der Waals surface area contributed by atoms with Crippen molar-refractivity contribution in [1.29, 1.82) is 0 Å². The maximum atomic E-state index is 5.83. The third-order valence-corrected chi connectivity index (χ3v) is 3.96. The zero-order chi connectivity index (χ0) is 12.8. The average molecular weight is 286 g/mol. The van der Waals surface area contributed by atoms with E-state index in [1.165, 1.54) is 31.2 Å². The van der Waals surface area contributed by atoms with Gasteiger partial charge >= 0.3 is 0 Å². The molecule has 2 rings (SSSR count). The first-order valence-corrected chi connectivity index (χ1v) is 7.85.